The van der Waals surface area contributed by atoms with Gasteiger partial charge in [-0.15, -0.1) is 0 Å². The van der Waals surface area contributed by atoms with Crippen LogP contribution in [0.2, 0.25) is 0 Å². The van der Waals surface area contributed by atoms with Crippen LogP contribution in [0.4, 0.5) is 0 Å². The molecule has 1 aromatic rings. The fourth-order valence-electron chi connectivity index (χ4n) is 12.4. The lowest BCUT2D eigenvalue weighted by Gasteiger charge is -2.52. The minimum atomic E-state index is -0.153. The Bertz CT molecular complexity index is 1360. The van der Waals surface area contributed by atoms with Gasteiger partial charge in [0, 0.05) is 57.9 Å². The van der Waals surface area contributed by atoms with Gasteiger partial charge in [0.2, 0.25) is 5.91 Å². The number of ketones is 1. The fraction of sp³-hybridized carbons (Fsp3) is 0.756. The molecule has 1 spiro atoms. The van der Waals surface area contributed by atoms with E-state index in [1.54, 1.807) is 11.1 Å². The maximum Gasteiger partial charge on any atom is 0.222 e. The molecule has 2 aliphatic heterocycles. The zero-order chi connectivity index (χ0) is 32.4. The number of Topliss-reactive ketones (excluding diaryl/α,β-unsaturated/α-hetero) is 1. The third-order valence-corrected chi connectivity index (χ3v) is 14.6. The summed E-state index contributed by atoms with van der Waals surface area (Å²) in [6.45, 7) is 15.1. The second-order valence-electron chi connectivity index (χ2n) is 17.4. The lowest BCUT2D eigenvalue weighted by atomic mass is 9.52. The first-order chi connectivity index (χ1) is 21.9. The van der Waals surface area contributed by atoms with E-state index in [9.17, 15) is 9.59 Å². The monoisotopic (exact) mass is 628 g/mol. The van der Waals surface area contributed by atoms with E-state index < -0.39 is 0 Å². The number of carbonyl (C=O) groups excluding carboxylic acids is 2. The summed E-state index contributed by atoms with van der Waals surface area (Å²) in [4.78, 5) is 30.2. The van der Waals surface area contributed by atoms with Crippen molar-refractivity contribution in [2.75, 3.05) is 26.7 Å². The third-order valence-electron chi connectivity index (χ3n) is 14.6. The Kier molecular flexibility index (Phi) is 8.61. The number of nitrogens with zero attached hydrogens (tertiary/aromatic N) is 2. The van der Waals surface area contributed by atoms with Gasteiger partial charge >= 0.3 is 0 Å². The molecule has 5 heteroatoms. The van der Waals surface area contributed by atoms with Gasteiger partial charge in [-0.05, 0) is 112 Å². The van der Waals surface area contributed by atoms with Gasteiger partial charge in [0.05, 0.1) is 11.2 Å². The average Bonchev–Trinajstić information content (AvgIpc) is 3.46. The number of piperidine rings is 1. The SMILES string of the molecule is CC1=C2C[C@H]3[C@@H](CC[C@@H]4CC(=O)CC[C@@]43C)[C@@H]2CC[C@@]2(C1)O[C@]1(C)C[C@H](C)CN(CCN(C)C(=O)CCc3ccccc3)[C@H]1[C@H]2C. The maximum atomic E-state index is 13.1. The van der Waals surface area contributed by atoms with E-state index in [1.807, 2.05) is 18.0 Å². The highest BCUT2D eigenvalue weighted by Gasteiger charge is 2.63. The van der Waals surface area contributed by atoms with Crippen molar-refractivity contribution in [2.24, 2.45) is 40.9 Å². The number of likely N-dealkylation sites (N-methyl/N-ethyl adjacent to an activating group) is 1. The summed E-state index contributed by atoms with van der Waals surface area (Å²) in [6.07, 6.45) is 12.6. The van der Waals surface area contributed by atoms with E-state index in [0.29, 0.717) is 47.3 Å². The Labute approximate surface area is 278 Å². The molecule has 2 saturated heterocycles. The van der Waals surface area contributed by atoms with Crippen LogP contribution in [0, 0.1) is 40.9 Å². The highest BCUT2D eigenvalue weighted by Crippen LogP contribution is 2.65. The van der Waals surface area contributed by atoms with E-state index in [4.69, 9.17) is 4.74 Å². The van der Waals surface area contributed by atoms with Gasteiger partial charge in [0.25, 0.3) is 0 Å². The molecule has 46 heavy (non-hydrogen) atoms. The Balaban J connectivity index is 1.05. The van der Waals surface area contributed by atoms with Crippen LogP contribution >= 0.6 is 0 Å². The molecule has 252 valence electrons. The van der Waals surface area contributed by atoms with Crippen molar-refractivity contribution in [2.45, 2.75) is 129 Å². The van der Waals surface area contributed by atoms with Crippen molar-refractivity contribution in [1.82, 2.24) is 9.80 Å². The number of aryl methyl sites for hydroxylation is 1. The minimum absolute atomic E-state index is 0.103. The second kappa shape index (κ2) is 12.2. The molecule has 2 heterocycles. The highest BCUT2D eigenvalue weighted by molar-refractivity contribution is 5.79. The van der Waals surface area contributed by atoms with Crippen LogP contribution in [-0.4, -0.2) is 65.4 Å². The van der Waals surface area contributed by atoms with Crippen molar-refractivity contribution >= 4 is 11.7 Å². The second-order valence-corrected chi connectivity index (χ2v) is 17.4. The standard InChI is InChI=1S/C41H60N2O3/c1-27-24-40(5)38(43(26-27)21-20-42(6)37(45)15-12-30-10-8-7-9-11-30)29(3)41(46-40)19-17-33-34-14-13-31-22-32(44)16-18-39(31,4)36(34)23-35(33)28(2)25-41/h7-11,27,29,31,33-34,36,38H,12-26H2,1-6H3/t27-,29+,31+,33-,34-,36-,38-,39-,40+,41-/m0/s1. The van der Waals surface area contributed by atoms with Crippen LogP contribution in [0.25, 0.3) is 0 Å². The van der Waals surface area contributed by atoms with Gasteiger partial charge in [0.1, 0.15) is 5.78 Å². The van der Waals surface area contributed by atoms with Crippen LogP contribution in [0.5, 0.6) is 0 Å². The summed E-state index contributed by atoms with van der Waals surface area (Å²) < 4.78 is 7.51. The van der Waals surface area contributed by atoms with Gasteiger partial charge < -0.3 is 9.64 Å². The van der Waals surface area contributed by atoms with Crippen molar-refractivity contribution in [3.8, 4) is 0 Å². The molecule has 0 N–H and O–H groups in total. The zero-order valence-corrected chi connectivity index (χ0v) is 29.7. The Morgan fingerprint density at radius 1 is 1.07 bits per heavy atom. The molecule has 10 atom stereocenters. The van der Waals surface area contributed by atoms with Crippen LogP contribution in [-0.2, 0) is 20.7 Å². The summed E-state index contributed by atoms with van der Waals surface area (Å²) in [5, 5.41) is 0. The van der Waals surface area contributed by atoms with Gasteiger partial charge in [-0.3, -0.25) is 14.5 Å². The number of ether oxygens (including phenoxy) is 1. The molecule has 7 rings (SSSR count). The Morgan fingerprint density at radius 3 is 2.63 bits per heavy atom. The molecule has 1 aromatic carbocycles. The summed E-state index contributed by atoms with van der Waals surface area (Å²) in [7, 11) is 1.99. The lowest BCUT2D eigenvalue weighted by Crippen LogP contribution is -2.58. The van der Waals surface area contributed by atoms with Gasteiger partial charge in [-0.2, -0.15) is 0 Å². The predicted octanol–water partition coefficient (Wildman–Crippen LogP) is 7.87. The average molecular weight is 629 g/mol. The molecule has 0 radical (unpaired) electrons. The van der Waals surface area contributed by atoms with Crippen molar-refractivity contribution in [3.63, 3.8) is 0 Å². The predicted molar refractivity (Wildman–Crippen MR) is 184 cm³/mol. The Hall–Kier alpha value is -1.98. The number of carbonyl (C=O) groups is 2. The van der Waals surface area contributed by atoms with E-state index >= 15 is 0 Å². The Morgan fingerprint density at radius 2 is 1.85 bits per heavy atom. The van der Waals surface area contributed by atoms with E-state index in [-0.39, 0.29) is 17.1 Å². The third kappa shape index (κ3) is 5.54. The first-order valence-corrected chi connectivity index (χ1v) is 18.8. The van der Waals surface area contributed by atoms with E-state index in [2.05, 4.69) is 63.8 Å². The zero-order valence-electron chi connectivity index (χ0n) is 29.7. The number of rotatable bonds is 6. The number of benzene rings is 1. The number of hydrogen-bond acceptors (Lipinski definition) is 4. The molecule has 0 unspecified atom stereocenters. The quantitative estimate of drug-likeness (QED) is 0.301. The molecule has 0 bridgehead atoms. The molecule has 1 amide bonds. The smallest absolute Gasteiger partial charge is 0.222 e. The normalized spacial score (nSPS) is 42.3. The number of fused-ring (bicyclic) bond motifs is 6. The minimum Gasteiger partial charge on any atom is -0.367 e. The van der Waals surface area contributed by atoms with Gasteiger partial charge in [-0.1, -0.05) is 62.2 Å². The molecule has 4 aliphatic carbocycles. The van der Waals surface area contributed by atoms with Crippen LogP contribution < -0.4 is 0 Å². The molecule has 5 nitrogen and oxygen atoms in total. The van der Waals surface area contributed by atoms with Crippen molar-refractivity contribution < 1.29 is 14.3 Å². The molecular weight excluding hydrogens is 568 g/mol. The molecule has 5 fully saturated rings. The highest BCUT2D eigenvalue weighted by atomic mass is 16.5. The van der Waals surface area contributed by atoms with E-state index in [1.165, 1.54) is 31.2 Å². The summed E-state index contributed by atoms with van der Waals surface area (Å²) >= 11 is 0. The lowest BCUT2D eigenvalue weighted by molar-refractivity contribution is -0.139. The van der Waals surface area contributed by atoms with Gasteiger partial charge in [0.15, 0.2) is 0 Å². The van der Waals surface area contributed by atoms with E-state index in [0.717, 1.165) is 76.4 Å². The van der Waals surface area contributed by atoms with Crippen LogP contribution in [0.3, 0.4) is 0 Å². The topological polar surface area (TPSA) is 49.9 Å². The van der Waals surface area contributed by atoms with Gasteiger partial charge in [-0.25, -0.2) is 0 Å². The molecular formula is C41H60N2O3. The molecule has 6 aliphatic rings. The number of allylic oxidation sites excluding steroid dienone is 1. The number of likely N-dealkylation sites (tertiary alicyclic amines) is 1. The fourth-order valence-corrected chi connectivity index (χ4v) is 12.4. The van der Waals surface area contributed by atoms with Crippen molar-refractivity contribution in [3.05, 3.63) is 47.0 Å². The van der Waals surface area contributed by atoms with Crippen LogP contribution in [0.1, 0.15) is 111 Å². The number of amides is 1. The summed E-state index contributed by atoms with van der Waals surface area (Å²) in [5.74, 6) is 4.64. The summed E-state index contributed by atoms with van der Waals surface area (Å²) in [6, 6.07) is 10.7. The first kappa shape index (κ1) is 32.6. The molecule has 3 saturated carbocycles. The first-order valence-electron chi connectivity index (χ1n) is 18.8. The number of hydrogen-bond donors (Lipinski definition) is 0. The van der Waals surface area contributed by atoms with Crippen LogP contribution in [0.15, 0.2) is 41.5 Å². The largest absolute Gasteiger partial charge is 0.367 e. The maximum absolute atomic E-state index is 13.1. The van der Waals surface area contributed by atoms with Crippen molar-refractivity contribution in [1.29, 1.82) is 0 Å². The molecule has 0 aromatic heterocycles. The summed E-state index contributed by atoms with van der Waals surface area (Å²) in [5.41, 5.74) is 4.73.